The molecule has 37 heavy (non-hydrogen) atoms. The molecule has 3 amide bonds. The Bertz CT molecular complexity index is 1620. The molecule has 0 saturated carbocycles. The number of anilines is 2. The third kappa shape index (κ3) is 4.52. The molecule has 0 unspecified atom stereocenters. The summed E-state index contributed by atoms with van der Waals surface area (Å²) in [6, 6.07) is 17.5. The van der Waals surface area contributed by atoms with Crippen LogP contribution in [-0.2, 0) is 16.1 Å². The average molecular weight is 499 g/mol. The number of hydrogen-bond donors (Lipinski definition) is 1. The Hall–Kier alpha value is -4.99. The van der Waals surface area contributed by atoms with Crippen molar-refractivity contribution in [2.75, 3.05) is 16.8 Å². The Kier molecular flexibility index (Phi) is 6.14. The highest BCUT2D eigenvalue weighted by atomic mass is 16.5. The summed E-state index contributed by atoms with van der Waals surface area (Å²) in [5, 5.41) is 2.62. The van der Waals surface area contributed by atoms with Gasteiger partial charge in [-0.2, -0.15) is 0 Å². The van der Waals surface area contributed by atoms with Gasteiger partial charge in [0.2, 0.25) is 5.91 Å². The Morgan fingerprint density at radius 2 is 1.65 bits per heavy atom. The van der Waals surface area contributed by atoms with Crippen molar-refractivity contribution in [1.82, 2.24) is 4.57 Å². The molecule has 2 heterocycles. The first kappa shape index (κ1) is 23.7. The van der Waals surface area contributed by atoms with Crippen LogP contribution >= 0.6 is 0 Å². The molecule has 0 spiro atoms. The molecule has 0 bridgehead atoms. The van der Waals surface area contributed by atoms with Crippen LogP contribution in [0.3, 0.4) is 0 Å². The zero-order valence-electron chi connectivity index (χ0n) is 19.7. The summed E-state index contributed by atoms with van der Waals surface area (Å²) < 4.78 is 12.0. The van der Waals surface area contributed by atoms with E-state index < -0.39 is 23.5 Å². The van der Waals surface area contributed by atoms with E-state index in [2.05, 4.69) is 5.32 Å². The standard InChI is InChI=1S/C27H21N3O7/c1-16(31)28-18-8-10-19(11-9-18)30-24(32)20-12-7-17(15-21(20)25(30)33)26(34)36-14-4-13-29-22-5-2-3-6-23(22)37-27(29)35/h2-3,5-12,15H,4,13-14H2,1H3,(H,28,31). The highest BCUT2D eigenvalue weighted by Crippen LogP contribution is 2.30. The van der Waals surface area contributed by atoms with Gasteiger partial charge in [0.15, 0.2) is 5.58 Å². The Morgan fingerprint density at radius 3 is 2.41 bits per heavy atom. The van der Waals surface area contributed by atoms with Gasteiger partial charge in [-0.25, -0.2) is 14.5 Å². The van der Waals surface area contributed by atoms with E-state index in [9.17, 15) is 24.0 Å². The zero-order chi connectivity index (χ0) is 26.1. The molecule has 10 heteroatoms. The van der Waals surface area contributed by atoms with Gasteiger partial charge in [0.25, 0.3) is 11.8 Å². The first-order valence-electron chi connectivity index (χ1n) is 11.5. The molecule has 186 valence electrons. The molecule has 1 aliphatic rings. The van der Waals surface area contributed by atoms with Crippen LogP contribution in [0.15, 0.2) is 75.9 Å². The lowest BCUT2D eigenvalue weighted by atomic mass is 10.1. The number of fused-ring (bicyclic) bond motifs is 2. The van der Waals surface area contributed by atoms with Crippen molar-refractivity contribution in [3.05, 3.63) is 94.0 Å². The number of nitrogens with one attached hydrogen (secondary N) is 1. The third-order valence-corrected chi connectivity index (χ3v) is 5.90. The summed E-state index contributed by atoms with van der Waals surface area (Å²) in [4.78, 5) is 62.8. The van der Waals surface area contributed by atoms with Gasteiger partial charge in [-0.15, -0.1) is 0 Å². The maximum atomic E-state index is 13.0. The predicted molar refractivity (Wildman–Crippen MR) is 134 cm³/mol. The number of aromatic nitrogens is 1. The first-order valence-corrected chi connectivity index (χ1v) is 11.5. The predicted octanol–water partition coefficient (Wildman–Crippen LogP) is 3.60. The van der Waals surface area contributed by atoms with Crippen LogP contribution in [0.2, 0.25) is 0 Å². The van der Waals surface area contributed by atoms with E-state index in [1.165, 1.54) is 29.7 Å². The topological polar surface area (TPSA) is 128 Å². The Balaban J connectivity index is 1.24. The summed E-state index contributed by atoms with van der Waals surface area (Å²) in [6.07, 6.45) is 0.375. The van der Waals surface area contributed by atoms with E-state index in [1.54, 1.807) is 48.5 Å². The number of benzene rings is 3. The molecule has 0 aliphatic carbocycles. The molecular formula is C27H21N3O7. The van der Waals surface area contributed by atoms with Crippen LogP contribution in [0, 0.1) is 0 Å². The molecule has 0 fully saturated rings. The van der Waals surface area contributed by atoms with Crippen LogP contribution in [-0.4, -0.2) is 34.9 Å². The summed E-state index contributed by atoms with van der Waals surface area (Å²) >= 11 is 0. The van der Waals surface area contributed by atoms with Gasteiger partial charge < -0.3 is 14.5 Å². The van der Waals surface area contributed by atoms with Crippen LogP contribution in [0.1, 0.15) is 44.4 Å². The fourth-order valence-corrected chi connectivity index (χ4v) is 4.20. The number of amides is 3. The summed E-state index contributed by atoms with van der Waals surface area (Å²) in [7, 11) is 0. The average Bonchev–Trinajstić information content (AvgIpc) is 3.34. The van der Waals surface area contributed by atoms with Gasteiger partial charge in [-0.3, -0.25) is 19.0 Å². The highest BCUT2D eigenvalue weighted by molar-refractivity contribution is 6.34. The van der Waals surface area contributed by atoms with E-state index in [4.69, 9.17) is 9.15 Å². The number of hydrogen-bond acceptors (Lipinski definition) is 7. The lowest BCUT2D eigenvalue weighted by Crippen LogP contribution is -2.29. The summed E-state index contributed by atoms with van der Waals surface area (Å²) in [5.74, 6) is -2.44. The van der Waals surface area contributed by atoms with Crippen molar-refractivity contribution in [2.45, 2.75) is 19.9 Å². The Morgan fingerprint density at radius 1 is 0.919 bits per heavy atom. The van der Waals surface area contributed by atoms with Gasteiger partial charge in [0.1, 0.15) is 0 Å². The Labute approximate surface area is 210 Å². The third-order valence-electron chi connectivity index (χ3n) is 5.90. The first-order chi connectivity index (χ1) is 17.8. The lowest BCUT2D eigenvalue weighted by molar-refractivity contribution is -0.114. The van der Waals surface area contributed by atoms with Crippen LogP contribution in [0.5, 0.6) is 0 Å². The number of imide groups is 1. The molecular weight excluding hydrogens is 478 g/mol. The second-order valence-corrected chi connectivity index (χ2v) is 8.41. The number of carbonyl (C=O) groups excluding carboxylic acids is 4. The van der Waals surface area contributed by atoms with E-state index in [1.807, 2.05) is 0 Å². The van der Waals surface area contributed by atoms with Gasteiger partial charge in [-0.05, 0) is 61.0 Å². The molecule has 5 rings (SSSR count). The van der Waals surface area contributed by atoms with Crippen LogP contribution in [0.4, 0.5) is 11.4 Å². The molecule has 0 radical (unpaired) electrons. The van der Waals surface area contributed by atoms with Crippen molar-refractivity contribution in [2.24, 2.45) is 0 Å². The van der Waals surface area contributed by atoms with Gasteiger partial charge >= 0.3 is 11.7 Å². The normalized spacial score (nSPS) is 12.6. The number of aryl methyl sites for hydroxylation is 1. The second-order valence-electron chi connectivity index (χ2n) is 8.41. The number of oxazole rings is 1. The van der Waals surface area contributed by atoms with Gasteiger partial charge in [0, 0.05) is 19.2 Å². The number of esters is 1. The van der Waals surface area contributed by atoms with E-state index in [-0.39, 0.29) is 29.2 Å². The minimum absolute atomic E-state index is 0.0432. The van der Waals surface area contributed by atoms with Crippen molar-refractivity contribution in [3.8, 4) is 0 Å². The molecule has 1 aromatic heterocycles. The SMILES string of the molecule is CC(=O)Nc1ccc(N2C(=O)c3ccc(C(=O)OCCCn4c(=O)oc5ccccc54)cc3C2=O)cc1. The minimum atomic E-state index is -0.648. The smallest absolute Gasteiger partial charge is 0.419 e. The zero-order valence-corrected chi connectivity index (χ0v) is 19.7. The van der Waals surface area contributed by atoms with Crippen molar-refractivity contribution < 1.29 is 28.3 Å². The molecule has 1 N–H and O–H groups in total. The fraction of sp³-hybridized carbons (Fsp3) is 0.148. The molecule has 1 aliphatic heterocycles. The summed E-state index contributed by atoms with van der Waals surface area (Å²) in [5.41, 5.74) is 2.43. The van der Waals surface area contributed by atoms with Gasteiger partial charge in [0.05, 0.1) is 34.5 Å². The molecule has 10 nitrogen and oxygen atoms in total. The number of carbonyl (C=O) groups is 4. The monoisotopic (exact) mass is 499 g/mol. The summed E-state index contributed by atoms with van der Waals surface area (Å²) in [6.45, 7) is 1.72. The van der Waals surface area contributed by atoms with E-state index in [0.717, 1.165) is 4.90 Å². The molecule has 4 aromatic rings. The number of ether oxygens (including phenoxy) is 1. The molecule has 3 aromatic carbocycles. The number of para-hydroxylation sites is 2. The van der Waals surface area contributed by atoms with Crippen molar-refractivity contribution >= 4 is 46.2 Å². The lowest BCUT2D eigenvalue weighted by Gasteiger charge is -2.14. The van der Waals surface area contributed by atoms with Gasteiger partial charge in [-0.1, -0.05) is 12.1 Å². The highest BCUT2D eigenvalue weighted by Gasteiger charge is 2.37. The van der Waals surface area contributed by atoms with Crippen LogP contribution in [0.25, 0.3) is 11.1 Å². The second kappa shape index (κ2) is 9.57. The van der Waals surface area contributed by atoms with E-state index in [0.29, 0.717) is 35.4 Å². The maximum Gasteiger partial charge on any atom is 0.419 e. The number of nitrogens with zero attached hydrogens (tertiary/aromatic N) is 2. The van der Waals surface area contributed by atoms with E-state index >= 15 is 0 Å². The number of rotatable bonds is 7. The fourth-order valence-electron chi connectivity index (χ4n) is 4.20. The minimum Gasteiger partial charge on any atom is -0.462 e. The van der Waals surface area contributed by atoms with Crippen molar-refractivity contribution in [3.63, 3.8) is 0 Å². The molecule has 0 atom stereocenters. The maximum absolute atomic E-state index is 13.0. The van der Waals surface area contributed by atoms with Crippen LogP contribution < -0.4 is 16.0 Å². The molecule has 0 saturated heterocycles. The van der Waals surface area contributed by atoms with Crippen molar-refractivity contribution in [1.29, 1.82) is 0 Å². The quantitative estimate of drug-likeness (QED) is 0.234. The largest absolute Gasteiger partial charge is 0.462 e.